The number of aryl methyl sites for hydroxylation is 1. The zero-order chi connectivity index (χ0) is 19.8. The number of hydrogen-bond donors (Lipinski definition) is 0. The zero-order valence-electron chi connectivity index (χ0n) is 13.5. The monoisotopic (exact) mass is 438 g/mol. The standard InChI is InChI=1S/C14H10ClF3N4O3S2/c1-2-22-5-19-7(9(22)15)4-27-13-20-6-3-26-11(8(6)10(23)21-13)25-12(24)14(16,17)18/h5H,2-4H2,1H3. The number of carbonyl (C=O) groups is 2. The van der Waals surface area contributed by atoms with E-state index in [0.29, 0.717) is 23.1 Å². The summed E-state index contributed by atoms with van der Waals surface area (Å²) in [6.07, 6.45) is -3.56. The average molecular weight is 439 g/mol. The second kappa shape index (κ2) is 7.68. The third-order valence-electron chi connectivity index (χ3n) is 3.41. The SMILES string of the molecule is CCn1cnc(CSC2=NC(=O)C3=C(OC(=O)C(F)(F)F)SCC3=N2)c1Cl. The molecule has 13 heteroatoms. The summed E-state index contributed by atoms with van der Waals surface area (Å²) < 4.78 is 43.0. The highest BCUT2D eigenvalue weighted by Crippen LogP contribution is 2.36. The van der Waals surface area contributed by atoms with Crippen molar-refractivity contribution < 1.29 is 27.5 Å². The number of esters is 1. The van der Waals surface area contributed by atoms with Gasteiger partial charge in [0, 0.05) is 18.1 Å². The first-order valence-corrected chi connectivity index (χ1v) is 9.75. The van der Waals surface area contributed by atoms with Crippen LogP contribution in [0, 0.1) is 0 Å². The Balaban J connectivity index is 1.72. The van der Waals surface area contributed by atoms with Crippen LogP contribution in [-0.2, 0) is 26.6 Å². The Labute approximate surface area is 164 Å². The van der Waals surface area contributed by atoms with E-state index >= 15 is 0 Å². The third kappa shape index (κ3) is 4.22. The molecule has 7 nitrogen and oxygen atoms in total. The lowest BCUT2D eigenvalue weighted by Gasteiger charge is -2.10. The maximum Gasteiger partial charge on any atom is 0.491 e. The molecule has 0 N–H and O–H groups in total. The van der Waals surface area contributed by atoms with E-state index in [1.807, 2.05) is 6.92 Å². The van der Waals surface area contributed by atoms with Gasteiger partial charge in [-0.3, -0.25) is 4.79 Å². The molecular formula is C14H10ClF3N4O3S2. The summed E-state index contributed by atoms with van der Waals surface area (Å²) in [5, 5.41) is 0.183. The molecule has 2 aliphatic heterocycles. The topological polar surface area (TPSA) is 85.9 Å². The van der Waals surface area contributed by atoms with Gasteiger partial charge in [0.2, 0.25) is 0 Å². The van der Waals surface area contributed by atoms with Crippen LogP contribution in [-0.4, -0.2) is 44.2 Å². The van der Waals surface area contributed by atoms with E-state index in [4.69, 9.17) is 11.6 Å². The van der Waals surface area contributed by atoms with Gasteiger partial charge in [-0.2, -0.15) is 18.2 Å². The molecule has 3 heterocycles. The molecule has 0 saturated carbocycles. The van der Waals surface area contributed by atoms with Gasteiger partial charge in [-0.15, -0.1) is 0 Å². The minimum atomic E-state index is -5.16. The molecule has 0 fully saturated rings. The summed E-state index contributed by atoms with van der Waals surface area (Å²) in [4.78, 5) is 35.2. The molecule has 1 aromatic rings. The molecule has 0 unspecified atom stereocenters. The van der Waals surface area contributed by atoms with Gasteiger partial charge in [-0.1, -0.05) is 35.1 Å². The maximum atomic E-state index is 12.3. The third-order valence-corrected chi connectivity index (χ3v) is 5.67. The Morgan fingerprint density at radius 3 is 2.81 bits per heavy atom. The van der Waals surface area contributed by atoms with Crippen molar-refractivity contribution in [1.29, 1.82) is 0 Å². The number of aliphatic imine (C=N–C) groups is 2. The second-order valence-electron chi connectivity index (χ2n) is 5.15. The molecule has 27 heavy (non-hydrogen) atoms. The van der Waals surface area contributed by atoms with Crippen LogP contribution in [0.25, 0.3) is 0 Å². The molecule has 0 radical (unpaired) electrons. The molecular weight excluding hydrogens is 429 g/mol. The van der Waals surface area contributed by atoms with Crippen LogP contribution in [0.5, 0.6) is 0 Å². The van der Waals surface area contributed by atoms with Gasteiger partial charge in [-0.05, 0) is 6.92 Å². The Morgan fingerprint density at radius 1 is 1.44 bits per heavy atom. The molecule has 0 aliphatic carbocycles. The minimum Gasteiger partial charge on any atom is -0.412 e. The molecule has 0 saturated heterocycles. The summed E-state index contributed by atoms with van der Waals surface area (Å²) in [7, 11) is 0. The van der Waals surface area contributed by atoms with Crippen molar-refractivity contribution in [3.05, 3.63) is 27.8 Å². The number of ether oxygens (including phenoxy) is 1. The molecule has 2 aliphatic rings. The highest BCUT2D eigenvalue weighted by atomic mass is 35.5. The Hall–Kier alpha value is -1.79. The van der Waals surface area contributed by atoms with E-state index in [2.05, 4.69) is 19.7 Å². The minimum absolute atomic E-state index is 0.104. The summed E-state index contributed by atoms with van der Waals surface area (Å²) in [6, 6.07) is 0. The fraction of sp³-hybridized carbons (Fsp3) is 0.357. The van der Waals surface area contributed by atoms with Gasteiger partial charge in [0.25, 0.3) is 5.91 Å². The van der Waals surface area contributed by atoms with Gasteiger partial charge in [0.15, 0.2) is 10.3 Å². The highest BCUT2D eigenvalue weighted by molar-refractivity contribution is 8.13. The first-order chi connectivity index (χ1) is 12.7. The molecule has 0 bridgehead atoms. The molecule has 1 amide bonds. The number of nitrogens with zero attached hydrogens (tertiary/aromatic N) is 4. The summed E-state index contributed by atoms with van der Waals surface area (Å²) in [5.74, 6) is -2.78. The van der Waals surface area contributed by atoms with E-state index in [0.717, 1.165) is 23.5 Å². The maximum absolute atomic E-state index is 12.3. The average Bonchev–Trinajstić information content (AvgIpc) is 3.16. The Bertz CT molecular complexity index is 908. The zero-order valence-corrected chi connectivity index (χ0v) is 15.9. The number of hydrogen-bond acceptors (Lipinski definition) is 7. The summed E-state index contributed by atoms with van der Waals surface area (Å²) >= 11 is 8.07. The first-order valence-electron chi connectivity index (χ1n) is 7.40. The van der Waals surface area contributed by atoms with E-state index in [1.54, 1.807) is 10.9 Å². The number of imidazole rings is 1. The van der Waals surface area contributed by atoms with Gasteiger partial charge in [0.1, 0.15) is 10.7 Å². The number of thioether (sulfide) groups is 2. The molecule has 144 valence electrons. The van der Waals surface area contributed by atoms with E-state index in [9.17, 15) is 22.8 Å². The number of halogens is 4. The van der Waals surface area contributed by atoms with Crippen LogP contribution < -0.4 is 0 Å². The van der Waals surface area contributed by atoms with Crippen molar-refractivity contribution in [2.24, 2.45) is 9.98 Å². The van der Waals surface area contributed by atoms with Crippen LogP contribution in [0.2, 0.25) is 5.15 Å². The van der Waals surface area contributed by atoms with E-state index < -0.39 is 23.1 Å². The van der Waals surface area contributed by atoms with Crippen LogP contribution >= 0.6 is 35.1 Å². The highest BCUT2D eigenvalue weighted by Gasteiger charge is 2.44. The van der Waals surface area contributed by atoms with Gasteiger partial charge < -0.3 is 9.30 Å². The lowest BCUT2D eigenvalue weighted by molar-refractivity contribution is -0.194. The number of fused-ring (bicyclic) bond motifs is 1. The number of carbonyl (C=O) groups excluding carboxylic acids is 2. The number of amidine groups is 1. The van der Waals surface area contributed by atoms with E-state index in [1.165, 1.54) is 0 Å². The van der Waals surface area contributed by atoms with Gasteiger partial charge in [0.05, 0.1) is 17.7 Å². The smallest absolute Gasteiger partial charge is 0.412 e. The van der Waals surface area contributed by atoms with Crippen molar-refractivity contribution in [3.8, 4) is 0 Å². The largest absolute Gasteiger partial charge is 0.491 e. The normalized spacial score (nSPS) is 17.0. The molecule has 1 aromatic heterocycles. The van der Waals surface area contributed by atoms with Crippen molar-refractivity contribution >= 4 is 57.9 Å². The number of aromatic nitrogens is 2. The summed E-state index contributed by atoms with van der Waals surface area (Å²) in [5.41, 5.74) is 0.605. The Morgan fingerprint density at radius 2 is 2.19 bits per heavy atom. The Kier molecular flexibility index (Phi) is 5.68. The first kappa shape index (κ1) is 20.0. The predicted octanol–water partition coefficient (Wildman–Crippen LogP) is 3.19. The van der Waals surface area contributed by atoms with Gasteiger partial charge >= 0.3 is 12.1 Å². The number of amides is 1. The van der Waals surface area contributed by atoms with Crippen molar-refractivity contribution in [2.75, 3.05) is 5.75 Å². The van der Waals surface area contributed by atoms with Crippen molar-refractivity contribution in [1.82, 2.24) is 9.55 Å². The van der Waals surface area contributed by atoms with Crippen LogP contribution in [0.1, 0.15) is 12.6 Å². The second-order valence-corrected chi connectivity index (χ2v) is 7.40. The van der Waals surface area contributed by atoms with E-state index in [-0.39, 0.29) is 22.2 Å². The number of alkyl halides is 3. The van der Waals surface area contributed by atoms with Crippen molar-refractivity contribution in [2.45, 2.75) is 25.4 Å². The number of rotatable bonds is 4. The summed E-state index contributed by atoms with van der Waals surface area (Å²) in [6.45, 7) is 2.57. The fourth-order valence-corrected chi connectivity index (χ4v) is 4.24. The van der Waals surface area contributed by atoms with Crippen LogP contribution in [0.4, 0.5) is 13.2 Å². The molecule has 0 atom stereocenters. The molecule has 0 aromatic carbocycles. The van der Waals surface area contributed by atoms with Crippen LogP contribution in [0.3, 0.4) is 0 Å². The molecule has 3 rings (SSSR count). The fourth-order valence-electron chi connectivity index (χ4n) is 2.12. The van der Waals surface area contributed by atoms with Crippen LogP contribution in [0.15, 0.2) is 27.0 Å². The predicted molar refractivity (Wildman–Crippen MR) is 95.7 cm³/mol. The lowest BCUT2D eigenvalue weighted by atomic mass is 10.2. The van der Waals surface area contributed by atoms with Crippen molar-refractivity contribution in [3.63, 3.8) is 0 Å². The van der Waals surface area contributed by atoms with Gasteiger partial charge in [-0.25, -0.2) is 14.8 Å². The lowest BCUT2D eigenvalue weighted by Crippen LogP contribution is -2.25. The quantitative estimate of drug-likeness (QED) is 0.671. The molecule has 0 spiro atoms.